The molecule has 1 aromatic carbocycles. The lowest BCUT2D eigenvalue weighted by atomic mass is 10.0. The maximum atomic E-state index is 12.3. The molecule has 25 heavy (non-hydrogen) atoms. The molecule has 0 saturated heterocycles. The molecule has 2 N–H and O–H groups in total. The number of rotatable bonds is 3. The number of pyridine rings is 3. The predicted molar refractivity (Wildman–Crippen MR) is 101 cm³/mol. The van der Waals surface area contributed by atoms with Crippen molar-refractivity contribution in [3.8, 4) is 0 Å². The second-order valence-electron chi connectivity index (χ2n) is 6.20. The predicted octanol–water partition coefficient (Wildman–Crippen LogP) is 3.95. The third-order valence-corrected chi connectivity index (χ3v) is 4.36. The number of anilines is 1. The van der Waals surface area contributed by atoms with Gasteiger partial charge in [-0.15, -0.1) is 0 Å². The molecule has 4 rings (SSSR count). The maximum Gasteiger partial charge on any atom is 0.258 e. The minimum Gasteiger partial charge on any atom is -0.361 e. The van der Waals surface area contributed by atoms with E-state index < -0.39 is 0 Å². The SMILES string of the molecule is Cc1ccc2c(NC(C)c3ccccn3)nc3cc[nH]c(=O)c3c2c1. The Labute approximate surface area is 144 Å². The zero-order valence-electron chi connectivity index (χ0n) is 14.1. The van der Waals surface area contributed by atoms with E-state index >= 15 is 0 Å². The van der Waals surface area contributed by atoms with Gasteiger partial charge in [0.15, 0.2) is 0 Å². The smallest absolute Gasteiger partial charge is 0.258 e. The number of aromatic nitrogens is 3. The third kappa shape index (κ3) is 2.74. The molecule has 1 atom stereocenters. The summed E-state index contributed by atoms with van der Waals surface area (Å²) in [6.07, 6.45) is 3.41. The summed E-state index contributed by atoms with van der Waals surface area (Å²) in [7, 11) is 0. The lowest BCUT2D eigenvalue weighted by molar-refractivity contribution is 0.835. The Morgan fingerprint density at radius 3 is 2.80 bits per heavy atom. The van der Waals surface area contributed by atoms with Crippen LogP contribution in [0.3, 0.4) is 0 Å². The van der Waals surface area contributed by atoms with Crippen molar-refractivity contribution in [1.29, 1.82) is 0 Å². The summed E-state index contributed by atoms with van der Waals surface area (Å²) in [4.78, 5) is 24.2. The van der Waals surface area contributed by atoms with Gasteiger partial charge in [-0.25, -0.2) is 4.98 Å². The van der Waals surface area contributed by atoms with Crippen LogP contribution in [0, 0.1) is 6.92 Å². The Bertz CT molecular complexity index is 1120. The highest BCUT2D eigenvalue weighted by molar-refractivity contribution is 6.09. The first kappa shape index (κ1) is 15.3. The van der Waals surface area contributed by atoms with Gasteiger partial charge in [-0.05, 0) is 32.0 Å². The molecule has 0 aliphatic rings. The van der Waals surface area contributed by atoms with Crippen molar-refractivity contribution in [3.05, 3.63) is 76.5 Å². The molecule has 3 heterocycles. The molecule has 124 valence electrons. The van der Waals surface area contributed by atoms with E-state index in [0.717, 1.165) is 27.8 Å². The molecule has 0 aliphatic carbocycles. The second kappa shape index (κ2) is 6.02. The van der Waals surface area contributed by atoms with Crippen LogP contribution in [0.25, 0.3) is 21.7 Å². The minimum absolute atomic E-state index is 0.00218. The standard InChI is InChI=1S/C20H18N4O/c1-12-6-7-14-15(11-12)18-17(8-10-22-20(18)25)24-19(14)23-13(2)16-5-3-4-9-21-16/h3-11,13H,1-2H3,(H,22,25)(H,23,24). The van der Waals surface area contributed by atoms with E-state index in [1.54, 1.807) is 12.4 Å². The van der Waals surface area contributed by atoms with Gasteiger partial charge in [0.25, 0.3) is 5.56 Å². The van der Waals surface area contributed by atoms with Crippen molar-refractivity contribution >= 4 is 27.5 Å². The first-order chi connectivity index (χ1) is 12.1. The Morgan fingerprint density at radius 2 is 2.00 bits per heavy atom. The van der Waals surface area contributed by atoms with Gasteiger partial charge >= 0.3 is 0 Å². The highest BCUT2D eigenvalue weighted by atomic mass is 16.1. The Balaban J connectivity index is 1.93. The number of fused-ring (bicyclic) bond motifs is 3. The van der Waals surface area contributed by atoms with Gasteiger partial charge in [0, 0.05) is 23.2 Å². The van der Waals surface area contributed by atoms with Crippen LogP contribution < -0.4 is 10.9 Å². The lowest BCUT2D eigenvalue weighted by Crippen LogP contribution is -2.12. The quantitative estimate of drug-likeness (QED) is 0.558. The van der Waals surface area contributed by atoms with Crippen LogP contribution in [0.1, 0.15) is 24.2 Å². The molecule has 0 aliphatic heterocycles. The summed E-state index contributed by atoms with van der Waals surface area (Å²) < 4.78 is 0. The fourth-order valence-electron chi connectivity index (χ4n) is 3.09. The summed E-state index contributed by atoms with van der Waals surface area (Å²) in [6.45, 7) is 4.07. The second-order valence-corrected chi connectivity index (χ2v) is 6.20. The largest absolute Gasteiger partial charge is 0.361 e. The third-order valence-electron chi connectivity index (χ3n) is 4.36. The first-order valence-corrected chi connectivity index (χ1v) is 8.23. The van der Waals surface area contributed by atoms with E-state index in [1.165, 1.54) is 0 Å². The summed E-state index contributed by atoms with van der Waals surface area (Å²) >= 11 is 0. The summed E-state index contributed by atoms with van der Waals surface area (Å²) in [5.41, 5.74) is 2.60. The number of nitrogens with one attached hydrogen (secondary N) is 2. The van der Waals surface area contributed by atoms with Crippen molar-refractivity contribution in [2.75, 3.05) is 5.32 Å². The Hall–Kier alpha value is -3.21. The number of hydrogen-bond donors (Lipinski definition) is 2. The number of hydrogen-bond acceptors (Lipinski definition) is 4. The van der Waals surface area contributed by atoms with Gasteiger partial charge in [0.05, 0.1) is 22.6 Å². The molecule has 0 amide bonds. The molecule has 0 fully saturated rings. The molecule has 3 aromatic heterocycles. The molecule has 0 radical (unpaired) electrons. The van der Waals surface area contributed by atoms with Crippen molar-refractivity contribution in [2.24, 2.45) is 0 Å². The van der Waals surface area contributed by atoms with Crippen LogP contribution in [-0.2, 0) is 0 Å². The van der Waals surface area contributed by atoms with E-state index in [0.29, 0.717) is 10.9 Å². The minimum atomic E-state index is -0.120. The number of benzene rings is 1. The van der Waals surface area contributed by atoms with Gasteiger partial charge in [-0.3, -0.25) is 9.78 Å². The average molecular weight is 330 g/mol. The van der Waals surface area contributed by atoms with Gasteiger partial charge in [-0.1, -0.05) is 29.8 Å². The highest BCUT2D eigenvalue weighted by Crippen LogP contribution is 2.30. The topological polar surface area (TPSA) is 70.7 Å². The van der Waals surface area contributed by atoms with Crippen molar-refractivity contribution in [2.45, 2.75) is 19.9 Å². The zero-order valence-corrected chi connectivity index (χ0v) is 14.1. The van der Waals surface area contributed by atoms with Gasteiger partial charge in [0.2, 0.25) is 0 Å². The van der Waals surface area contributed by atoms with E-state index in [9.17, 15) is 4.79 Å². The number of aromatic amines is 1. The van der Waals surface area contributed by atoms with Crippen LogP contribution >= 0.6 is 0 Å². The first-order valence-electron chi connectivity index (χ1n) is 8.23. The zero-order chi connectivity index (χ0) is 17.4. The van der Waals surface area contributed by atoms with Gasteiger partial charge < -0.3 is 10.3 Å². The molecule has 0 spiro atoms. The number of H-pyrrole nitrogens is 1. The normalized spacial score (nSPS) is 12.4. The number of aryl methyl sites for hydroxylation is 1. The van der Waals surface area contributed by atoms with E-state index in [-0.39, 0.29) is 11.6 Å². The van der Waals surface area contributed by atoms with Crippen LogP contribution in [-0.4, -0.2) is 15.0 Å². The molecule has 4 aromatic rings. The van der Waals surface area contributed by atoms with Crippen molar-refractivity contribution in [1.82, 2.24) is 15.0 Å². The van der Waals surface area contributed by atoms with Crippen molar-refractivity contribution in [3.63, 3.8) is 0 Å². The van der Waals surface area contributed by atoms with Gasteiger partial charge in [0.1, 0.15) is 5.82 Å². The fourth-order valence-corrected chi connectivity index (χ4v) is 3.09. The van der Waals surface area contributed by atoms with Crippen molar-refractivity contribution < 1.29 is 0 Å². The summed E-state index contributed by atoms with van der Waals surface area (Å²) in [5, 5.41) is 5.90. The molecule has 0 saturated carbocycles. The van der Waals surface area contributed by atoms with E-state index in [4.69, 9.17) is 4.98 Å². The van der Waals surface area contributed by atoms with Crippen LogP contribution in [0.5, 0.6) is 0 Å². The van der Waals surface area contributed by atoms with Crippen LogP contribution in [0.2, 0.25) is 0 Å². The van der Waals surface area contributed by atoms with Crippen LogP contribution in [0.4, 0.5) is 5.82 Å². The van der Waals surface area contributed by atoms with Gasteiger partial charge in [-0.2, -0.15) is 0 Å². The molecule has 5 nitrogen and oxygen atoms in total. The average Bonchev–Trinajstić information content (AvgIpc) is 2.62. The molecule has 0 bridgehead atoms. The fraction of sp³-hybridized carbons (Fsp3) is 0.150. The molecule has 5 heteroatoms. The Morgan fingerprint density at radius 1 is 1.12 bits per heavy atom. The molecular weight excluding hydrogens is 312 g/mol. The maximum absolute atomic E-state index is 12.3. The lowest BCUT2D eigenvalue weighted by Gasteiger charge is -2.17. The number of nitrogens with zero attached hydrogens (tertiary/aromatic N) is 2. The highest BCUT2D eigenvalue weighted by Gasteiger charge is 2.14. The Kier molecular flexibility index (Phi) is 3.69. The monoisotopic (exact) mass is 330 g/mol. The van der Waals surface area contributed by atoms with E-state index in [1.807, 2.05) is 56.3 Å². The van der Waals surface area contributed by atoms with Crippen LogP contribution in [0.15, 0.2) is 59.7 Å². The summed E-state index contributed by atoms with van der Waals surface area (Å²) in [6, 6.07) is 13.7. The summed E-state index contributed by atoms with van der Waals surface area (Å²) in [5.74, 6) is 0.756. The van der Waals surface area contributed by atoms with E-state index in [2.05, 4.69) is 15.3 Å². The molecule has 1 unspecified atom stereocenters. The molecular formula is C20H18N4O.